The van der Waals surface area contributed by atoms with Crippen LogP contribution in [-0.4, -0.2) is 30.4 Å². The molecule has 0 unspecified atom stereocenters. The van der Waals surface area contributed by atoms with Crippen molar-refractivity contribution in [1.82, 2.24) is 10.2 Å². The normalized spacial score (nSPS) is 16.1. The molecule has 1 aliphatic rings. The van der Waals surface area contributed by atoms with Crippen LogP contribution in [0.4, 0.5) is 0 Å². The fourth-order valence-electron chi connectivity index (χ4n) is 2.66. The SMILES string of the molecule is CCC(=O)NCCc1ccc(CN2CCCCC2)cc1. The van der Waals surface area contributed by atoms with E-state index in [-0.39, 0.29) is 5.91 Å². The minimum atomic E-state index is 0.131. The summed E-state index contributed by atoms with van der Waals surface area (Å²) in [5.74, 6) is 0.131. The zero-order chi connectivity index (χ0) is 14.2. The highest BCUT2D eigenvalue weighted by Gasteiger charge is 2.10. The Bertz CT molecular complexity index is 408. The Balaban J connectivity index is 1.75. The van der Waals surface area contributed by atoms with Gasteiger partial charge in [0.1, 0.15) is 0 Å². The molecule has 1 aromatic carbocycles. The van der Waals surface area contributed by atoms with Crippen molar-refractivity contribution in [1.29, 1.82) is 0 Å². The average Bonchev–Trinajstić information content (AvgIpc) is 2.50. The third-order valence-corrected chi connectivity index (χ3v) is 3.93. The monoisotopic (exact) mass is 274 g/mol. The number of likely N-dealkylation sites (tertiary alicyclic amines) is 1. The molecular formula is C17H26N2O. The van der Waals surface area contributed by atoms with E-state index in [1.54, 1.807) is 0 Å². The Morgan fingerprint density at radius 1 is 1.10 bits per heavy atom. The first-order valence-corrected chi connectivity index (χ1v) is 7.85. The van der Waals surface area contributed by atoms with Gasteiger partial charge in [-0.05, 0) is 43.5 Å². The first-order valence-electron chi connectivity index (χ1n) is 7.85. The van der Waals surface area contributed by atoms with Gasteiger partial charge in [0.15, 0.2) is 0 Å². The van der Waals surface area contributed by atoms with Gasteiger partial charge >= 0.3 is 0 Å². The van der Waals surface area contributed by atoms with E-state index < -0.39 is 0 Å². The molecule has 1 aromatic rings. The molecule has 0 atom stereocenters. The summed E-state index contributed by atoms with van der Waals surface area (Å²) < 4.78 is 0. The molecule has 0 aliphatic carbocycles. The van der Waals surface area contributed by atoms with Crippen LogP contribution in [0.2, 0.25) is 0 Å². The van der Waals surface area contributed by atoms with Crippen LogP contribution in [-0.2, 0) is 17.8 Å². The van der Waals surface area contributed by atoms with Crippen molar-refractivity contribution in [3.05, 3.63) is 35.4 Å². The Labute approximate surface area is 122 Å². The number of benzene rings is 1. The highest BCUT2D eigenvalue weighted by molar-refractivity contribution is 5.75. The van der Waals surface area contributed by atoms with Crippen molar-refractivity contribution in [2.24, 2.45) is 0 Å². The molecule has 1 fully saturated rings. The lowest BCUT2D eigenvalue weighted by atomic mass is 10.1. The molecule has 0 spiro atoms. The fraction of sp³-hybridized carbons (Fsp3) is 0.588. The van der Waals surface area contributed by atoms with E-state index in [0.29, 0.717) is 6.42 Å². The molecule has 2 rings (SSSR count). The molecule has 1 heterocycles. The Morgan fingerprint density at radius 2 is 1.75 bits per heavy atom. The molecule has 0 aromatic heterocycles. The standard InChI is InChI=1S/C17H26N2O/c1-2-17(20)18-11-10-15-6-8-16(9-7-15)14-19-12-4-3-5-13-19/h6-9H,2-5,10-14H2,1H3,(H,18,20). The van der Waals surface area contributed by atoms with Crippen molar-refractivity contribution in [3.8, 4) is 0 Å². The summed E-state index contributed by atoms with van der Waals surface area (Å²) in [5, 5.41) is 2.91. The average molecular weight is 274 g/mol. The number of hydrogen-bond donors (Lipinski definition) is 1. The third-order valence-electron chi connectivity index (χ3n) is 3.93. The third kappa shape index (κ3) is 4.97. The van der Waals surface area contributed by atoms with E-state index in [1.807, 2.05) is 6.92 Å². The number of piperidine rings is 1. The molecule has 0 bridgehead atoms. The summed E-state index contributed by atoms with van der Waals surface area (Å²) in [6.45, 7) is 6.17. The second kappa shape index (κ2) is 8.05. The summed E-state index contributed by atoms with van der Waals surface area (Å²) >= 11 is 0. The summed E-state index contributed by atoms with van der Waals surface area (Å²) in [6, 6.07) is 8.84. The number of nitrogens with one attached hydrogen (secondary N) is 1. The van der Waals surface area contributed by atoms with Gasteiger partial charge in [-0.15, -0.1) is 0 Å². The number of carbonyl (C=O) groups is 1. The molecule has 20 heavy (non-hydrogen) atoms. The van der Waals surface area contributed by atoms with Crippen LogP contribution in [0, 0.1) is 0 Å². The first-order chi connectivity index (χ1) is 9.78. The van der Waals surface area contributed by atoms with Gasteiger partial charge in [0.25, 0.3) is 0 Å². The number of rotatable bonds is 6. The van der Waals surface area contributed by atoms with Gasteiger partial charge in [-0.25, -0.2) is 0 Å². The fourth-order valence-corrected chi connectivity index (χ4v) is 2.66. The summed E-state index contributed by atoms with van der Waals surface area (Å²) in [6.07, 6.45) is 5.55. The maximum Gasteiger partial charge on any atom is 0.219 e. The molecule has 110 valence electrons. The van der Waals surface area contributed by atoms with E-state index in [0.717, 1.165) is 19.5 Å². The minimum Gasteiger partial charge on any atom is -0.356 e. The maximum absolute atomic E-state index is 11.2. The number of amides is 1. The van der Waals surface area contributed by atoms with Crippen LogP contribution in [0.1, 0.15) is 43.7 Å². The van der Waals surface area contributed by atoms with E-state index in [4.69, 9.17) is 0 Å². The van der Waals surface area contributed by atoms with Crippen molar-refractivity contribution >= 4 is 5.91 Å². The lowest BCUT2D eigenvalue weighted by Gasteiger charge is -2.26. The van der Waals surface area contributed by atoms with Crippen LogP contribution in [0.15, 0.2) is 24.3 Å². The van der Waals surface area contributed by atoms with Crippen molar-refractivity contribution < 1.29 is 4.79 Å². The predicted octanol–water partition coefficient (Wildman–Crippen LogP) is 2.74. The highest BCUT2D eigenvalue weighted by Crippen LogP contribution is 2.13. The lowest BCUT2D eigenvalue weighted by molar-refractivity contribution is -0.120. The molecule has 0 radical (unpaired) electrons. The van der Waals surface area contributed by atoms with Gasteiger partial charge in [0.05, 0.1) is 0 Å². The number of nitrogens with zero attached hydrogens (tertiary/aromatic N) is 1. The second-order valence-electron chi connectivity index (χ2n) is 5.61. The van der Waals surface area contributed by atoms with Gasteiger partial charge in [-0.3, -0.25) is 9.69 Å². The molecule has 3 nitrogen and oxygen atoms in total. The van der Waals surface area contributed by atoms with Gasteiger partial charge in [-0.1, -0.05) is 37.6 Å². The van der Waals surface area contributed by atoms with Crippen LogP contribution in [0.3, 0.4) is 0 Å². The zero-order valence-corrected chi connectivity index (χ0v) is 12.5. The summed E-state index contributed by atoms with van der Waals surface area (Å²) in [4.78, 5) is 13.7. The molecule has 3 heteroatoms. The predicted molar refractivity (Wildman–Crippen MR) is 82.6 cm³/mol. The van der Waals surface area contributed by atoms with Gasteiger partial charge in [0, 0.05) is 19.5 Å². The van der Waals surface area contributed by atoms with Crippen molar-refractivity contribution in [2.75, 3.05) is 19.6 Å². The molecule has 0 saturated carbocycles. The highest BCUT2D eigenvalue weighted by atomic mass is 16.1. The van der Waals surface area contributed by atoms with Crippen molar-refractivity contribution in [3.63, 3.8) is 0 Å². The first kappa shape index (κ1) is 15.0. The Kier molecular flexibility index (Phi) is 6.06. The molecular weight excluding hydrogens is 248 g/mol. The van der Waals surface area contributed by atoms with Gasteiger partial charge in [0.2, 0.25) is 5.91 Å². The topological polar surface area (TPSA) is 32.3 Å². The largest absolute Gasteiger partial charge is 0.356 e. The van der Waals surface area contributed by atoms with Gasteiger partial charge in [-0.2, -0.15) is 0 Å². The lowest BCUT2D eigenvalue weighted by Crippen LogP contribution is -2.29. The van der Waals surface area contributed by atoms with Crippen LogP contribution >= 0.6 is 0 Å². The maximum atomic E-state index is 11.2. The van der Waals surface area contributed by atoms with E-state index in [9.17, 15) is 4.79 Å². The van der Waals surface area contributed by atoms with E-state index >= 15 is 0 Å². The van der Waals surface area contributed by atoms with Crippen molar-refractivity contribution in [2.45, 2.75) is 45.6 Å². The quantitative estimate of drug-likeness (QED) is 0.865. The van der Waals surface area contributed by atoms with Crippen LogP contribution in [0.25, 0.3) is 0 Å². The number of hydrogen-bond acceptors (Lipinski definition) is 2. The second-order valence-corrected chi connectivity index (χ2v) is 5.61. The minimum absolute atomic E-state index is 0.131. The molecule has 1 N–H and O–H groups in total. The zero-order valence-electron chi connectivity index (χ0n) is 12.5. The van der Waals surface area contributed by atoms with E-state index in [2.05, 4.69) is 34.5 Å². The van der Waals surface area contributed by atoms with Crippen LogP contribution in [0.5, 0.6) is 0 Å². The van der Waals surface area contributed by atoms with Crippen LogP contribution < -0.4 is 5.32 Å². The Morgan fingerprint density at radius 3 is 2.40 bits per heavy atom. The number of carbonyl (C=O) groups excluding carboxylic acids is 1. The van der Waals surface area contributed by atoms with Gasteiger partial charge < -0.3 is 5.32 Å². The molecule has 1 saturated heterocycles. The summed E-state index contributed by atoms with van der Waals surface area (Å²) in [5.41, 5.74) is 2.69. The smallest absolute Gasteiger partial charge is 0.219 e. The molecule has 1 aliphatic heterocycles. The Hall–Kier alpha value is -1.35. The molecule has 1 amide bonds. The summed E-state index contributed by atoms with van der Waals surface area (Å²) in [7, 11) is 0. The van der Waals surface area contributed by atoms with E-state index in [1.165, 1.54) is 43.5 Å².